The minimum Gasteiger partial charge on any atom is -0.303 e. The van der Waals surface area contributed by atoms with Crippen LogP contribution in [0.3, 0.4) is 0 Å². The second-order valence-electron chi connectivity index (χ2n) is 2.75. The molecular formula is C9H5BrClNOS. The number of pyridine rings is 1. The average Bonchev–Trinajstić information content (AvgIpc) is 2.45. The second-order valence-corrected chi connectivity index (χ2v) is 5.52. The largest absolute Gasteiger partial charge is 0.303 e. The summed E-state index contributed by atoms with van der Waals surface area (Å²) in [6, 6.07) is 3.87. The average molecular weight is 291 g/mol. The minimum absolute atomic E-state index is 0.315. The first kappa shape index (κ1) is 10.1. The number of hydrogen-bond donors (Lipinski definition) is 0. The first-order chi connectivity index (χ1) is 6.70. The number of halogens is 2. The Hall–Kier alpha value is -0.450. The summed E-state index contributed by atoms with van der Waals surface area (Å²) < 4.78 is 1.01. The van der Waals surface area contributed by atoms with Crippen molar-refractivity contribution in [1.82, 2.24) is 4.98 Å². The summed E-state index contributed by atoms with van der Waals surface area (Å²) in [5.74, 6) is 0. The van der Waals surface area contributed by atoms with Gasteiger partial charge in [0.05, 0.1) is 3.79 Å². The third kappa shape index (κ3) is 1.82. The summed E-state index contributed by atoms with van der Waals surface area (Å²) in [7, 11) is 0. The van der Waals surface area contributed by atoms with E-state index in [0.717, 1.165) is 25.9 Å². The summed E-state index contributed by atoms with van der Waals surface area (Å²) in [4.78, 5) is 15.5. The molecule has 0 saturated heterocycles. The Bertz CT molecular complexity index is 497. The standard InChI is InChI=1S/C9H5BrClNOS/c10-7-4-6-3-5(1-2-13)8(11)12-9(6)14-7/h2-4H,1H2. The van der Waals surface area contributed by atoms with E-state index in [1.165, 1.54) is 11.3 Å². The maximum absolute atomic E-state index is 10.4. The lowest BCUT2D eigenvalue weighted by molar-refractivity contribution is -0.107. The van der Waals surface area contributed by atoms with Gasteiger partial charge in [0.15, 0.2) is 0 Å². The van der Waals surface area contributed by atoms with Gasteiger partial charge in [0, 0.05) is 11.8 Å². The van der Waals surface area contributed by atoms with Gasteiger partial charge in [-0.3, -0.25) is 0 Å². The van der Waals surface area contributed by atoms with Gasteiger partial charge in [-0.05, 0) is 33.6 Å². The van der Waals surface area contributed by atoms with Gasteiger partial charge >= 0.3 is 0 Å². The molecule has 0 N–H and O–H groups in total. The van der Waals surface area contributed by atoms with Crippen LogP contribution in [0.15, 0.2) is 15.9 Å². The van der Waals surface area contributed by atoms with Crippen LogP contribution in [0.1, 0.15) is 5.56 Å². The van der Waals surface area contributed by atoms with E-state index in [-0.39, 0.29) is 0 Å². The van der Waals surface area contributed by atoms with E-state index >= 15 is 0 Å². The first-order valence-electron chi connectivity index (χ1n) is 3.89. The van der Waals surface area contributed by atoms with Crippen LogP contribution in [0.25, 0.3) is 10.2 Å². The van der Waals surface area contributed by atoms with Crippen molar-refractivity contribution < 1.29 is 4.79 Å². The van der Waals surface area contributed by atoms with Crippen LogP contribution in [-0.2, 0) is 11.2 Å². The summed E-state index contributed by atoms with van der Waals surface area (Å²) in [5, 5.41) is 1.43. The molecular weight excluding hydrogens is 286 g/mol. The van der Waals surface area contributed by atoms with Gasteiger partial charge in [-0.2, -0.15) is 0 Å². The molecule has 0 radical (unpaired) electrons. The lowest BCUT2D eigenvalue weighted by atomic mass is 10.2. The number of aldehydes is 1. The van der Waals surface area contributed by atoms with Crippen LogP contribution in [0.2, 0.25) is 5.15 Å². The van der Waals surface area contributed by atoms with Crippen LogP contribution in [0.5, 0.6) is 0 Å². The number of thiophene rings is 1. The summed E-state index contributed by atoms with van der Waals surface area (Å²) >= 11 is 10.8. The molecule has 2 rings (SSSR count). The molecule has 0 aliphatic heterocycles. The molecule has 2 heterocycles. The Kier molecular flexibility index (Phi) is 2.85. The number of carbonyl (C=O) groups is 1. The van der Waals surface area contributed by atoms with Crippen molar-refractivity contribution in [2.75, 3.05) is 0 Å². The van der Waals surface area contributed by atoms with Crippen LogP contribution in [-0.4, -0.2) is 11.3 Å². The Balaban J connectivity index is 2.63. The number of rotatable bonds is 2. The highest BCUT2D eigenvalue weighted by atomic mass is 79.9. The molecule has 0 spiro atoms. The maximum atomic E-state index is 10.4. The molecule has 0 unspecified atom stereocenters. The third-order valence-electron chi connectivity index (χ3n) is 1.81. The van der Waals surface area contributed by atoms with Crippen molar-refractivity contribution in [1.29, 1.82) is 0 Å². The maximum Gasteiger partial charge on any atom is 0.134 e. The summed E-state index contributed by atoms with van der Waals surface area (Å²) in [6.45, 7) is 0. The zero-order valence-electron chi connectivity index (χ0n) is 6.96. The summed E-state index contributed by atoms with van der Waals surface area (Å²) in [5.41, 5.74) is 0.777. The Morgan fingerprint density at radius 3 is 3.07 bits per heavy atom. The fourth-order valence-corrected chi connectivity index (χ4v) is 2.91. The first-order valence-corrected chi connectivity index (χ1v) is 5.87. The number of nitrogens with zero attached hydrogens (tertiary/aromatic N) is 1. The molecule has 0 saturated carbocycles. The molecule has 0 aliphatic carbocycles. The van der Waals surface area contributed by atoms with Crippen molar-refractivity contribution in [3.05, 3.63) is 26.6 Å². The normalized spacial score (nSPS) is 10.7. The quantitative estimate of drug-likeness (QED) is 0.626. The fraction of sp³-hybridized carbons (Fsp3) is 0.111. The molecule has 5 heteroatoms. The van der Waals surface area contributed by atoms with Crippen LogP contribution < -0.4 is 0 Å². The van der Waals surface area contributed by atoms with Crippen molar-refractivity contribution in [3.63, 3.8) is 0 Å². The topological polar surface area (TPSA) is 30.0 Å². The van der Waals surface area contributed by atoms with Gasteiger partial charge in [0.25, 0.3) is 0 Å². The molecule has 0 aliphatic rings. The zero-order valence-corrected chi connectivity index (χ0v) is 10.1. The Morgan fingerprint density at radius 1 is 1.57 bits per heavy atom. The highest BCUT2D eigenvalue weighted by Crippen LogP contribution is 2.30. The predicted molar refractivity (Wildman–Crippen MR) is 62.1 cm³/mol. The van der Waals surface area contributed by atoms with Gasteiger partial charge in [-0.1, -0.05) is 11.6 Å². The number of fused-ring (bicyclic) bond motifs is 1. The number of carbonyl (C=O) groups excluding carboxylic acids is 1. The molecule has 0 amide bonds. The van der Waals surface area contributed by atoms with Gasteiger partial charge in [0.1, 0.15) is 16.3 Å². The van der Waals surface area contributed by atoms with E-state index in [4.69, 9.17) is 11.6 Å². The lowest BCUT2D eigenvalue weighted by Crippen LogP contribution is -1.89. The van der Waals surface area contributed by atoms with Crippen molar-refractivity contribution in [2.24, 2.45) is 0 Å². The molecule has 0 atom stereocenters. The Morgan fingerprint density at radius 2 is 2.36 bits per heavy atom. The monoisotopic (exact) mass is 289 g/mol. The van der Waals surface area contributed by atoms with E-state index in [1.54, 1.807) is 0 Å². The fourth-order valence-electron chi connectivity index (χ4n) is 1.20. The van der Waals surface area contributed by atoms with Crippen molar-refractivity contribution in [3.8, 4) is 0 Å². The molecule has 2 aromatic heterocycles. The van der Waals surface area contributed by atoms with Crippen molar-refractivity contribution in [2.45, 2.75) is 6.42 Å². The van der Waals surface area contributed by atoms with E-state index in [9.17, 15) is 4.79 Å². The van der Waals surface area contributed by atoms with Crippen LogP contribution >= 0.6 is 38.9 Å². The number of hydrogen-bond acceptors (Lipinski definition) is 3. The van der Waals surface area contributed by atoms with Crippen LogP contribution in [0, 0.1) is 0 Å². The van der Waals surface area contributed by atoms with E-state index in [1.807, 2.05) is 12.1 Å². The van der Waals surface area contributed by atoms with Crippen molar-refractivity contribution >= 4 is 55.4 Å². The van der Waals surface area contributed by atoms with Crippen LogP contribution in [0.4, 0.5) is 0 Å². The molecule has 0 fully saturated rings. The number of aromatic nitrogens is 1. The Labute approximate surface area is 98.0 Å². The van der Waals surface area contributed by atoms with E-state index in [0.29, 0.717) is 11.6 Å². The van der Waals surface area contributed by atoms with Gasteiger partial charge in [0.2, 0.25) is 0 Å². The lowest BCUT2D eigenvalue weighted by Gasteiger charge is -1.98. The van der Waals surface area contributed by atoms with Gasteiger partial charge < -0.3 is 4.79 Å². The predicted octanol–water partition coefficient (Wildman–Crippen LogP) is 3.45. The molecule has 14 heavy (non-hydrogen) atoms. The second kappa shape index (κ2) is 3.96. The van der Waals surface area contributed by atoms with E-state index < -0.39 is 0 Å². The molecule has 72 valence electrons. The van der Waals surface area contributed by atoms with Gasteiger partial charge in [-0.25, -0.2) is 4.98 Å². The summed E-state index contributed by atoms with van der Waals surface area (Å²) in [6.07, 6.45) is 1.14. The minimum atomic E-state index is 0.315. The smallest absolute Gasteiger partial charge is 0.134 e. The highest BCUT2D eigenvalue weighted by molar-refractivity contribution is 9.11. The molecule has 2 aromatic rings. The molecule has 0 bridgehead atoms. The molecule has 2 nitrogen and oxygen atoms in total. The highest BCUT2D eigenvalue weighted by Gasteiger charge is 2.06. The molecule has 0 aromatic carbocycles. The zero-order chi connectivity index (χ0) is 10.1. The van der Waals surface area contributed by atoms with E-state index in [2.05, 4.69) is 20.9 Å². The SMILES string of the molecule is O=CCc1cc2cc(Br)sc2nc1Cl. The van der Waals surface area contributed by atoms with Gasteiger partial charge in [-0.15, -0.1) is 11.3 Å². The third-order valence-corrected chi connectivity index (χ3v) is 3.68.